The largest absolute Gasteiger partial charge is 0.495 e. The van der Waals surface area contributed by atoms with E-state index in [1.807, 2.05) is 6.07 Å². The van der Waals surface area contributed by atoms with Crippen LogP contribution >= 0.6 is 0 Å². The van der Waals surface area contributed by atoms with Crippen LogP contribution in [0.3, 0.4) is 0 Å². The predicted octanol–water partition coefficient (Wildman–Crippen LogP) is 2.41. The van der Waals surface area contributed by atoms with Gasteiger partial charge in [0.05, 0.1) is 30.7 Å². The van der Waals surface area contributed by atoms with E-state index in [1.165, 1.54) is 13.2 Å². The van der Waals surface area contributed by atoms with Crippen LogP contribution in [0, 0.1) is 10.1 Å². The van der Waals surface area contributed by atoms with Crippen molar-refractivity contribution in [2.45, 2.75) is 17.4 Å². The van der Waals surface area contributed by atoms with Crippen LogP contribution in [0.2, 0.25) is 0 Å². The Morgan fingerprint density at radius 2 is 2.04 bits per heavy atom. The van der Waals surface area contributed by atoms with E-state index in [-0.39, 0.29) is 16.3 Å². The standard InChI is InChI=1S/C16H16N2O6S/c1-23-15-10-11(18(19)20)6-7-16(15)25(21,22)17-13-8-9-24-14-5-3-2-4-12(13)14/h2-7,10,13,17H,8-9H2,1H3. The Labute approximate surface area is 144 Å². The maximum absolute atomic E-state index is 12.8. The summed E-state index contributed by atoms with van der Waals surface area (Å²) in [5.74, 6) is 0.555. The molecule has 0 fully saturated rings. The first-order valence-electron chi connectivity index (χ1n) is 7.49. The van der Waals surface area contributed by atoms with E-state index in [1.54, 1.807) is 18.2 Å². The monoisotopic (exact) mass is 364 g/mol. The number of non-ortho nitro benzene ring substituents is 1. The van der Waals surface area contributed by atoms with Gasteiger partial charge in [0, 0.05) is 18.1 Å². The SMILES string of the molecule is COc1cc([N+](=O)[O-])ccc1S(=O)(=O)NC1CCOc2ccccc21. The van der Waals surface area contributed by atoms with Crippen molar-refractivity contribution < 1.29 is 22.8 Å². The normalized spacial score (nSPS) is 16.6. The van der Waals surface area contributed by atoms with Gasteiger partial charge in [0.1, 0.15) is 16.4 Å². The number of fused-ring (bicyclic) bond motifs is 1. The highest BCUT2D eigenvalue weighted by atomic mass is 32.2. The topological polar surface area (TPSA) is 108 Å². The summed E-state index contributed by atoms with van der Waals surface area (Å²) in [5, 5.41) is 10.9. The van der Waals surface area contributed by atoms with Crippen LogP contribution in [0.4, 0.5) is 5.69 Å². The van der Waals surface area contributed by atoms with Crippen molar-refractivity contribution in [3.05, 3.63) is 58.1 Å². The fraction of sp³-hybridized carbons (Fsp3) is 0.250. The zero-order valence-corrected chi connectivity index (χ0v) is 14.2. The van der Waals surface area contributed by atoms with Gasteiger partial charge in [-0.3, -0.25) is 10.1 Å². The molecule has 8 nitrogen and oxygen atoms in total. The minimum absolute atomic E-state index is 0.0814. The van der Waals surface area contributed by atoms with E-state index in [2.05, 4.69) is 4.72 Å². The molecule has 1 atom stereocenters. The number of hydrogen-bond acceptors (Lipinski definition) is 6. The Hall–Kier alpha value is -2.65. The van der Waals surface area contributed by atoms with Crippen LogP contribution in [0.1, 0.15) is 18.0 Å². The first-order chi connectivity index (χ1) is 11.9. The van der Waals surface area contributed by atoms with E-state index in [9.17, 15) is 18.5 Å². The summed E-state index contributed by atoms with van der Waals surface area (Å²) in [5.41, 5.74) is 0.505. The number of ether oxygens (including phenoxy) is 2. The number of nitro benzene ring substituents is 1. The first-order valence-corrected chi connectivity index (χ1v) is 8.97. The summed E-state index contributed by atoms with van der Waals surface area (Å²) in [6, 6.07) is 10.1. The lowest BCUT2D eigenvalue weighted by Gasteiger charge is -2.26. The Morgan fingerprint density at radius 1 is 1.28 bits per heavy atom. The molecule has 0 spiro atoms. The van der Waals surface area contributed by atoms with E-state index in [4.69, 9.17) is 9.47 Å². The lowest BCUT2D eigenvalue weighted by molar-refractivity contribution is -0.385. The molecule has 25 heavy (non-hydrogen) atoms. The molecule has 1 heterocycles. The van der Waals surface area contributed by atoms with Gasteiger partial charge < -0.3 is 9.47 Å². The fourth-order valence-electron chi connectivity index (χ4n) is 2.71. The molecule has 0 amide bonds. The molecular formula is C16H16N2O6S. The molecule has 0 saturated heterocycles. The van der Waals surface area contributed by atoms with Crippen LogP contribution in [-0.4, -0.2) is 27.1 Å². The fourth-order valence-corrected chi connectivity index (χ4v) is 4.11. The van der Waals surface area contributed by atoms with Crippen molar-refractivity contribution in [3.8, 4) is 11.5 Å². The number of hydrogen-bond donors (Lipinski definition) is 1. The van der Waals surface area contributed by atoms with Gasteiger partial charge >= 0.3 is 0 Å². The van der Waals surface area contributed by atoms with Gasteiger partial charge in [0.2, 0.25) is 10.0 Å². The maximum atomic E-state index is 12.8. The molecule has 2 aromatic rings. The quantitative estimate of drug-likeness (QED) is 0.645. The van der Waals surface area contributed by atoms with Crippen LogP contribution in [-0.2, 0) is 10.0 Å². The Bertz CT molecular complexity index is 913. The minimum Gasteiger partial charge on any atom is -0.495 e. The van der Waals surface area contributed by atoms with Gasteiger partial charge in [0.15, 0.2) is 0 Å². The Morgan fingerprint density at radius 3 is 2.76 bits per heavy atom. The van der Waals surface area contributed by atoms with Crippen LogP contribution in [0.5, 0.6) is 11.5 Å². The van der Waals surface area contributed by atoms with Crippen molar-refractivity contribution >= 4 is 15.7 Å². The molecule has 9 heteroatoms. The predicted molar refractivity (Wildman–Crippen MR) is 89.3 cm³/mol. The molecule has 0 aliphatic carbocycles. The summed E-state index contributed by atoms with van der Waals surface area (Å²) >= 11 is 0. The molecular weight excluding hydrogens is 348 g/mol. The zero-order valence-electron chi connectivity index (χ0n) is 13.3. The molecule has 132 valence electrons. The highest BCUT2D eigenvalue weighted by Gasteiger charge is 2.29. The Balaban J connectivity index is 1.95. The summed E-state index contributed by atoms with van der Waals surface area (Å²) in [7, 11) is -2.68. The molecule has 0 bridgehead atoms. The average molecular weight is 364 g/mol. The summed E-state index contributed by atoms with van der Waals surface area (Å²) in [4.78, 5) is 10.1. The average Bonchev–Trinajstić information content (AvgIpc) is 2.61. The van der Waals surface area contributed by atoms with E-state index in [0.717, 1.165) is 17.7 Å². The number of rotatable bonds is 5. The maximum Gasteiger partial charge on any atom is 0.273 e. The number of methoxy groups -OCH3 is 1. The van der Waals surface area contributed by atoms with Gasteiger partial charge in [-0.1, -0.05) is 18.2 Å². The number of sulfonamides is 1. The first kappa shape index (κ1) is 17.2. The second-order valence-corrected chi connectivity index (χ2v) is 7.12. The summed E-state index contributed by atoms with van der Waals surface area (Å²) in [6.45, 7) is 0.390. The van der Waals surface area contributed by atoms with Crippen molar-refractivity contribution in [1.82, 2.24) is 4.72 Å². The minimum atomic E-state index is -3.94. The van der Waals surface area contributed by atoms with Crippen LogP contribution in [0.25, 0.3) is 0 Å². The van der Waals surface area contributed by atoms with E-state index < -0.39 is 21.0 Å². The molecule has 1 unspecified atom stereocenters. The number of para-hydroxylation sites is 1. The number of benzene rings is 2. The van der Waals surface area contributed by atoms with E-state index >= 15 is 0 Å². The van der Waals surface area contributed by atoms with Gasteiger partial charge in [-0.05, 0) is 12.1 Å². The molecule has 1 N–H and O–H groups in total. The number of nitrogens with one attached hydrogen (secondary N) is 1. The highest BCUT2D eigenvalue weighted by molar-refractivity contribution is 7.89. The highest BCUT2D eigenvalue weighted by Crippen LogP contribution is 2.34. The Kier molecular flexibility index (Phi) is 4.60. The lowest BCUT2D eigenvalue weighted by atomic mass is 10.0. The van der Waals surface area contributed by atoms with Gasteiger partial charge in [-0.15, -0.1) is 0 Å². The van der Waals surface area contributed by atoms with Gasteiger partial charge in [-0.25, -0.2) is 13.1 Å². The zero-order chi connectivity index (χ0) is 18.0. The third-order valence-electron chi connectivity index (χ3n) is 3.90. The van der Waals surface area contributed by atoms with Crippen molar-refractivity contribution in [1.29, 1.82) is 0 Å². The van der Waals surface area contributed by atoms with Crippen LogP contribution < -0.4 is 14.2 Å². The number of nitro groups is 1. The summed E-state index contributed by atoms with van der Waals surface area (Å²) in [6.07, 6.45) is 0.478. The molecule has 1 aliphatic heterocycles. The molecule has 1 aliphatic rings. The molecule has 2 aromatic carbocycles. The second-order valence-electron chi connectivity index (χ2n) is 5.44. The smallest absolute Gasteiger partial charge is 0.273 e. The number of nitrogens with zero attached hydrogens (tertiary/aromatic N) is 1. The molecule has 0 saturated carbocycles. The van der Waals surface area contributed by atoms with Crippen molar-refractivity contribution in [2.24, 2.45) is 0 Å². The van der Waals surface area contributed by atoms with E-state index in [0.29, 0.717) is 18.8 Å². The van der Waals surface area contributed by atoms with Crippen LogP contribution in [0.15, 0.2) is 47.4 Å². The van der Waals surface area contributed by atoms with Crippen molar-refractivity contribution in [2.75, 3.05) is 13.7 Å². The molecule has 3 rings (SSSR count). The van der Waals surface area contributed by atoms with Gasteiger partial charge in [-0.2, -0.15) is 0 Å². The third-order valence-corrected chi connectivity index (χ3v) is 5.41. The lowest BCUT2D eigenvalue weighted by Crippen LogP contribution is -2.32. The van der Waals surface area contributed by atoms with Crippen molar-refractivity contribution in [3.63, 3.8) is 0 Å². The third kappa shape index (κ3) is 3.42. The molecule has 0 radical (unpaired) electrons. The summed E-state index contributed by atoms with van der Waals surface area (Å²) < 4.78 is 38.7. The molecule has 0 aromatic heterocycles. The second kappa shape index (κ2) is 6.69. The van der Waals surface area contributed by atoms with Gasteiger partial charge in [0.25, 0.3) is 5.69 Å².